The van der Waals surface area contributed by atoms with Gasteiger partial charge in [-0.25, -0.2) is 0 Å². The lowest BCUT2D eigenvalue weighted by Gasteiger charge is -2.17. The van der Waals surface area contributed by atoms with Gasteiger partial charge in [-0.05, 0) is 11.6 Å². The molecule has 0 heterocycles. The van der Waals surface area contributed by atoms with E-state index < -0.39 is 11.5 Å². The van der Waals surface area contributed by atoms with E-state index in [9.17, 15) is 17.6 Å². The van der Waals surface area contributed by atoms with E-state index in [2.05, 4.69) is 16.3 Å². The Balaban J connectivity index is 4.14. The second-order valence-corrected chi connectivity index (χ2v) is 1.69. The van der Waals surface area contributed by atoms with E-state index in [0.717, 1.165) is 0 Å². The van der Waals surface area contributed by atoms with Gasteiger partial charge in [-0.3, -0.25) is 0 Å². The molecule has 0 bridgehead atoms. The van der Waals surface area contributed by atoms with Gasteiger partial charge in [0, 0.05) is 7.11 Å². The van der Waals surface area contributed by atoms with Gasteiger partial charge in [-0.2, -0.15) is 17.6 Å². The van der Waals surface area contributed by atoms with Crippen LogP contribution in [-0.4, -0.2) is 18.6 Å². The minimum atomic E-state index is -4.64. The molecule has 0 aromatic carbocycles. The third-order valence-corrected chi connectivity index (χ3v) is 0.806. The number of methoxy groups -OCH3 is 1. The topological polar surface area (TPSA) is 9.23 Å². The molecule has 0 saturated heterocycles. The molecule has 6 heteroatoms. The predicted molar refractivity (Wildman–Crippen MR) is 22.8 cm³/mol. The molecule has 0 radical (unpaired) electrons. The Bertz CT molecular complexity index is 98.5. The van der Waals surface area contributed by atoms with Crippen LogP contribution in [-0.2, 0) is 4.74 Å². The van der Waals surface area contributed by atoms with E-state index in [-0.39, 0.29) is 0 Å². The second-order valence-electron chi connectivity index (χ2n) is 1.22. The fourth-order valence-corrected chi connectivity index (χ4v) is 0.193. The number of rotatable bonds is 2. The van der Waals surface area contributed by atoms with E-state index in [1.807, 2.05) is 0 Å². The molecule has 0 aromatic heterocycles. The van der Waals surface area contributed by atoms with Crippen LogP contribution in [0.2, 0.25) is 0 Å². The van der Waals surface area contributed by atoms with Gasteiger partial charge in [-0.1, -0.05) is 0 Å². The highest BCUT2D eigenvalue weighted by atomic mass is 35.5. The van der Waals surface area contributed by atoms with Crippen molar-refractivity contribution in [1.82, 2.24) is 0 Å². The van der Waals surface area contributed by atoms with Gasteiger partial charge in [0.2, 0.25) is 0 Å². The minimum absolute atomic E-state index is 0.441. The Morgan fingerprint density at radius 1 is 1.22 bits per heavy atom. The van der Waals surface area contributed by atoms with Crippen LogP contribution in [0.1, 0.15) is 0 Å². The Kier molecular flexibility index (Phi) is 2.29. The Morgan fingerprint density at radius 2 is 1.56 bits per heavy atom. The summed E-state index contributed by atoms with van der Waals surface area (Å²) in [6, 6.07) is 0. The molecule has 0 atom stereocenters. The zero-order valence-electron chi connectivity index (χ0n) is 4.30. The lowest BCUT2D eigenvalue weighted by atomic mass is 10.6. The lowest BCUT2D eigenvalue weighted by molar-refractivity contribution is -0.305. The van der Waals surface area contributed by atoms with E-state index in [0.29, 0.717) is 7.11 Å². The standard InChI is InChI=1S/C3H3ClF4O/c1-9-3(7,8)2(4,5)6/h1H3. The molecule has 0 fully saturated rings. The number of hydrogen-bond donors (Lipinski definition) is 0. The summed E-state index contributed by atoms with van der Waals surface area (Å²) in [5.74, 6) is 0. The Labute approximate surface area is 53.5 Å². The first-order chi connectivity index (χ1) is 3.81. The molecule has 0 aliphatic heterocycles. The van der Waals surface area contributed by atoms with Crippen LogP contribution in [0.25, 0.3) is 0 Å². The van der Waals surface area contributed by atoms with Crippen LogP contribution in [0.4, 0.5) is 17.6 Å². The predicted octanol–water partition coefficient (Wildman–Crippen LogP) is 2.06. The normalized spacial score (nSPS) is 14.0. The maximum absolute atomic E-state index is 11.6. The highest BCUT2D eigenvalue weighted by Gasteiger charge is 2.56. The molecule has 0 N–H and O–H groups in total. The molecule has 0 rings (SSSR count). The summed E-state index contributed by atoms with van der Waals surface area (Å²) in [7, 11) is 0.441. The van der Waals surface area contributed by atoms with Crippen LogP contribution in [0.5, 0.6) is 0 Å². The molecule has 56 valence electrons. The smallest absolute Gasteiger partial charge is 0.318 e. The van der Waals surface area contributed by atoms with E-state index in [1.54, 1.807) is 0 Å². The molecule has 0 unspecified atom stereocenters. The van der Waals surface area contributed by atoms with Crippen molar-refractivity contribution in [2.24, 2.45) is 0 Å². The van der Waals surface area contributed by atoms with E-state index in [4.69, 9.17) is 0 Å². The Hall–Kier alpha value is -0.0300. The van der Waals surface area contributed by atoms with Gasteiger partial charge in [-0.15, -0.1) is 0 Å². The third kappa shape index (κ3) is 1.98. The first-order valence-electron chi connectivity index (χ1n) is 1.81. The fourth-order valence-electron chi connectivity index (χ4n) is 0.116. The fraction of sp³-hybridized carbons (Fsp3) is 1.00. The average Bonchev–Trinajstić information content (AvgIpc) is 1.64. The molecule has 0 aromatic rings. The molecular weight excluding hydrogens is 163 g/mol. The summed E-state index contributed by atoms with van der Waals surface area (Å²) in [5.41, 5.74) is 0. The van der Waals surface area contributed by atoms with Crippen LogP contribution in [0.3, 0.4) is 0 Å². The summed E-state index contributed by atoms with van der Waals surface area (Å²) in [6.45, 7) is 0. The molecule has 0 aliphatic rings. The van der Waals surface area contributed by atoms with Crippen LogP contribution < -0.4 is 0 Å². The highest BCUT2D eigenvalue weighted by molar-refractivity contribution is 6.22. The van der Waals surface area contributed by atoms with Gasteiger partial charge < -0.3 is 4.74 Å². The van der Waals surface area contributed by atoms with Gasteiger partial charge in [0.15, 0.2) is 0 Å². The van der Waals surface area contributed by atoms with Gasteiger partial charge in [0.25, 0.3) is 0 Å². The number of alkyl halides is 5. The SMILES string of the molecule is COC(F)(F)C(F)(F)Cl. The van der Waals surface area contributed by atoms with Gasteiger partial charge >= 0.3 is 11.5 Å². The van der Waals surface area contributed by atoms with Crippen LogP contribution >= 0.6 is 11.6 Å². The summed E-state index contributed by atoms with van der Waals surface area (Å²) in [5, 5.41) is -4.64. The van der Waals surface area contributed by atoms with Crippen molar-refractivity contribution in [1.29, 1.82) is 0 Å². The lowest BCUT2D eigenvalue weighted by Crippen LogP contribution is -2.36. The third-order valence-electron chi connectivity index (χ3n) is 0.586. The van der Waals surface area contributed by atoms with Crippen molar-refractivity contribution < 1.29 is 22.3 Å². The zero-order chi connectivity index (χ0) is 7.71. The largest absolute Gasteiger partial charge is 0.434 e. The minimum Gasteiger partial charge on any atom is -0.318 e. The van der Waals surface area contributed by atoms with Crippen molar-refractivity contribution in [2.75, 3.05) is 7.11 Å². The van der Waals surface area contributed by atoms with Crippen molar-refractivity contribution >= 4 is 11.6 Å². The highest BCUT2D eigenvalue weighted by Crippen LogP contribution is 2.37. The van der Waals surface area contributed by atoms with E-state index >= 15 is 0 Å². The molecule has 0 spiro atoms. The summed E-state index contributed by atoms with van der Waals surface area (Å²) in [6.07, 6.45) is -4.59. The molecule has 0 aliphatic carbocycles. The summed E-state index contributed by atoms with van der Waals surface area (Å²) >= 11 is 3.92. The monoisotopic (exact) mass is 166 g/mol. The van der Waals surface area contributed by atoms with Gasteiger partial charge in [0.1, 0.15) is 0 Å². The summed E-state index contributed by atoms with van der Waals surface area (Å²) < 4.78 is 49.0. The van der Waals surface area contributed by atoms with Crippen molar-refractivity contribution in [3.63, 3.8) is 0 Å². The number of hydrogen-bond acceptors (Lipinski definition) is 1. The first kappa shape index (κ1) is 8.97. The molecule has 9 heavy (non-hydrogen) atoms. The van der Waals surface area contributed by atoms with Crippen molar-refractivity contribution in [2.45, 2.75) is 11.5 Å². The first-order valence-corrected chi connectivity index (χ1v) is 2.19. The average molecular weight is 167 g/mol. The second kappa shape index (κ2) is 2.30. The van der Waals surface area contributed by atoms with Gasteiger partial charge in [0.05, 0.1) is 0 Å². The van der Waals surface area contributed by atoms with Crippen molar-refractivity contribution in [3.05, 3.63) is 0 Å². The molecule has 0 saturated carbocycles. The molecule has 1 nitrogen and oxygen atoms in total. The molecular formula is C3H3ClF4O. The number of ether oxygens (including phenoxy) is 1. The quantitative estimate of drug-likeness (QED) is 0.451. The molecule has 0 amide bonds. The summed E-state index contributed by atoms with van der Waals surface area (Å²) in [4.78, 5) is 0. The zero-order valence-corrected chi connectivity index (χ0v) is 5.05. The maximum Gasteiger partial charge on any atom is 0.434 e. The Morgan fingerprint density at radius 3 is 1.56 bits per heavy atom. The van der Waals surface area contributed by atoms with Crippen LogP contribution in [0, 0.1) is 0 Å². The maximum atomic E-state index is 11.6. The number of halogens is 5. The van der Waals surface area contributed by atoms with Crippen LogP contribution in [0.15, 0.2) is 0 Å². The van der Waals surface area contributed by atoms with E-state index in [1.165, 1.54) is 0 Å². The van der Waals surface area contributed by atoms with Crippen molar-refractivity contribution in [3.8, 4) is 0 Å².